The molecule has 1 aliphatic carbocycles. The third-order valence-corrected chi connectivity index (χ3v) is 6.06. The second kappa shape index (κ2) is 9.33. The van der Waals surface area contributed by atoms with Crippen LogP contribution in [-0.4, -0.2) is 35.8 Å². The molecule has 4 atom stereocenters. The molecule has 0 spiro atoms. The van der Waals surface area contributed by atoms with Crippen LogP contribution in [0.4, 0.5) is 0 Å². The van der Waals surface area contributed by atoms with E-state index in [0.717, 1.165) is 4.90 Å². The van der Waals surface area contributed by atoms with E-state index in [1.807, 2.05) is 30.3 Å². The second-order valence-corrected chi connectivity index (χ2v) is 7.55. The van der Waals surface area contributed by atoms with Gasteiger partial charge in [-0.25, -0.2) is 0 Å². The van der Waals surface area contributed by atoms with Crippen LogP contribution in [0.5, 0.6) is 0 Å². The van der Waals surface area contributed by atoms with Crippen LogP contribution in [0.15, 0.2) is 35.2 Å². The van der Waals surface area contributed by atoms with Crippen LogP contribution < -0.4 is 0 Å². The first kappa shape index (κ1) is 19.1. The van der Waals surface area contributed by atoms with Gasteiger partial charge in [-0.1, -0.05) is 18.2 Å². The highest BCUT2D eigenvalue weighted by molar-refractivity contribution is 8.00. The lowest BCUT2D eigenvalue weighted by atomic mass is 9.78. The first-order chi connectivity index (χ1) is 11.6. The summed E-state index contributed by atoms with van der Waals surface area (Å²) in [4.78, 5) is 25.7. The molecule has 0 aromatic heterocycles. The summed E-state index contributed by atoms with van der Waals surface area (Å²) in [6.07, 6.45) is 0.935. The van der Waals surface area contributed by atoms with Gasteiger partial charge in [0.05, 0.1) is 25.0 Å². The van der Waals surface area contributed by atoms with Gasteiger partial charge in [0.25, 0.3) is 0 Å². The van der Waals surface area contributed by atoms with Gasteiger partial charge in [-0.05, 0) is 38.8 Å². The highest BCUT2D eigenvalue weighted by Gasteiger charge is 2.45. The minimum atomic E-state index is -0.529. The van der Waals surface area contributed by atoms with Crippen LogP contribution in [0, 0.1) is 11.8 Å². The third-order valence-electron chi connectivity index (χ3n) is 4.06. The van der Waals surface area contributed by atoms with Gasteiger partial charge in [-0.15, -0.1) is 23.4 Å². The molecule has 132 valence electrons. The Balaban J connectivity index is 2.14. The molecule has 24 heavy (non-hydrogen) atoms. The third kappa shape index (κ3) is 4.90. The molecular weight excluding hydrogens is 348 g/mol. The average Bonchev–Trinajstić information content (AvgIpc) is 2.57. The molecule has 0 saturated heterocycles. The lowest BCUT2D eigenvalue weighted by molar-refractivity contribution is -0.162. The van der Waals surface area contributed by atoms with Crippen molar-refractivity contribution in [1.82, 2.24) is 0 Å². The average molecular weight is 371 g/mol. The number of benzene rings is 1. The molecular formula is C18H23ClO4S. The zero-order valence-electron chi connectivity index (χ0n) is 13.9. The summed E-state index contributed by atoms with van der Waals surface area (Å²) in [5.74, 6) is -1.72. The van der Waals surface area contributed by atoms with Crippen molar-refractivity contribution >= 4 is 35.3 Å². The van der Waals surface area contributed by atoms with Crippen molar-refractivity contribution in [1.29, 1.82) is 0 Å². The predicted octanol–water partition coefficient (Wildman–Crippen LogP) is 3.91. The summed E-state index contributed by atoms with van der Waals surface area (Å²) in [7, 11) is 0. The number of carbonyl (C=O) groups excluding carboxylic acids is 2. The van der Waals surface area contributed by atoms with Crippen LogP contribution in [0.3, 0.4) is 0 Å². The van der Waals surface area contributed by atoms with E-state index < -0.39 is 11.8 Å². The van der Waals surface area contributed by atoms with E-state index in [4.69, 9.17) is 21.1 Å². The Morgan fingerprint density at radius 1 is 1.04 bits per heavy atom. The Morgan fingerprint density at radius 3 is 2.12 bits per heavy atom. The van der Waals surface area contributed by atoms with Gasteiger partial charge in [-0.2, -0.15) is 0 Å². The topological polar surface area (TPSA) is 52.6 Å². The van der Waals surface area contributed by atoms with Crippen molar-refractivity contribution in [2.24, 2.45) is 11.8 Å². The fourth-order valence-electron chi connectivity index (χ4n) is 2.94. The molecule has 4 nitrogen and oxygen atoms in total. The number of alkyl halides is 1. The number of halogens is 1. The van der Waals surface area contributed by atoms with Crippen LogP contribution in [0.2, 0.25) is 0 Å². The number of carbonyl (C=O) groups is 2. The van der Waals surface area contributed by atoms with E-state index >= 15 is 0 Å². The molecule has 2 rings (SSSR count). The number of hydrogen-bond donors (Lipinski definition) is 0. The van der Waals surface area contributed by atoms with Crippen LogP contribution in [0.25, 0.3) is 0 Å². The molecule has 0 heterocycles. The maximum Gasteiger partial charge on any atom is 0.309 e. The van der Waals surface area contributed by atoms with Crippen molar-refractivity contribution in [3.8, 4) is 0 Å². The van der Waals surface area contributed by atoms with Crippen LogP contribution in [-0.2, 0) is 19.1 Å². The molecule has 1 aromatic rings. The second-order valence-electron chi connectivity index (χ2n) is 5.67. The molecule has 0 radical (unpaired) electrons. The van der Waals surface area contributed by atoms with Crippen LogP contribution in [0.1, 0.15) is 26.7 Å². The summed E-state index contributed by atoms with van der Waals surface area (Å²) in [6.45, 7) is 4.11. The predicted molar refractivity (Wildman–Crippen MR) is 95.2 cm³/mol. The van der Waals surface area contributed by atoms with E-state index in [9.17, 15) is 9.59 Å². The van der Waals surface area contributed by atoms with Crippen molar-refractivity contribution in [3.05, 3.63) is 30.3 Å². The lowest BCUT2D eigenvalue weighted by Gasteiger charge is -2.36. The number of thioether (sulfide) groups is 1. The molecule has 0 unspecified atom stereocenters. The monoisotopic (exact) mass is 370 g/mol. The van der Waals surface area contributed by atoms with E-state index in [2.05, 4.69) is 0 Å². The Kier molecular flexibility index (Phi) is 7.43. The Morgan fingerprint density at radius 2 is 1.58 bits per heavy atom. The van der Waals surface area contributed by atoms with E-state index in [-0.39, 0.29) is 22.6 Å². The number of hydrogen-bond acceptors (Lipinski definition) is 5. The fourth-order valence-corrected chi connectivity index (χ4v) is 4.61. The standard InChI is InChI=1S/C18H23ClO4S/c1-3-22-17(20)13-10-15(19)16(11-14(13)18(21)23-4-2)24-12-8-6-5-7-9-12/h5-9,13-16H,3-4,10-11H2,1-2H3/t13-,14-,15+,16+/m1/s1. The lowest BCUT2D eigenvalue weighted by Crippen LogP contribution is -2.43. The van der Waals surface area contributed by atoms with Gasteiger partial charge in [0.1, 0.15) is 0 Å². The van der Waals surface area contributed by atoms with Gasteiger partial charge in [0, 0.05) is 15.5 Å². The molecule has 1 fully saturated rings. The smallest absolute Gasteiger partial charge is 0.309 e. The summed E-state index contributed by atoms with van der Waals surface area (Å²) in [5.41, 5.74) is 0. The van der Waals surface area contributed by atoms with Gasteiger partial charge in [-0.3, -0.25) is 9.59 Å². The first-order valence-corrected chi connectivity index (χ1v) is 9.57. The Labute approximate surface area is 152 Å². The molecule has 0 amide bonds. The number of rotatable bonds is 6. The summed E-state index contributed by atoms with van der Waals surface area (Å²) < 4.78 is 10.3. The number of esters is 2. The van der Waals surface area contributed by atoms with E-state index in [1.165, 1.54) is 0 Å². The zero-order chi connectivity index (χ0) is 17.5. The van der Waals surface area contributed by atoms with E-state index in [1.54, 1.807) is 25.6 Å². The van der Waals surface area contributed by atoms with Gasteiger partial charge in [0.2, 0.25) is 0 Å². The maximum atomic E-state index is 12.3. The highest BCUT2D eigenvalue weighted by Crippen LogP contribution is 2.42. The normalized spacial score (nSPS) is 26.6. The van der Waals surface area contributed by atoms with Crippen LogP contribution >= 0.6 is 23.4 Å². The SMILES string of the molecule is CCOC(=O)[C@@H]1C[C@H](Sc2ccccc2)[C@@H](Cl)C[C@H]1C(=O)OCC. The van der Waals surface area contributed by atoms with Crippen molar-refractivity contribution in [2.75, 3.05) is 13.2 Å². The molecule has 0 N–H and O–H groups in total. The minimum absolute atomic E-state index is 0.0501. The first-order valence-electron chi connectivity index (χ1n) is 8.25. The van der Waals surface area contributed by atoms with Crippen molar-refractivity contribution < 1.29 is 19.1 Å². The van der Waals surface area contributed by atoms with Crippen molar-refractivity contribution in [3.63, 3.8) is 0 Å². The molecule has 1 saturated carbocycles. The zero-order valence-corrected chi connectivity index (χ0v) is 15.5. The van der Waals surface area contributed by atoms with Crippen molar-refractivity contribution in [2.45, 2.75) is 42.2 Å². The van der Waals surface area contributed by atoms with Gasteiger partial charge in [0.15, 0.2) is 0 Å². The molecule has 1 aromatic carbocycles. The van der Waals surface area contributed by atoms with Gasteiger partial charge >= 0.3 is 11.9 Å². The number of ether oxygens (including phenoxy) is 2. The highest BCUT2D eigenvalue weighted by atomic mass is 35.5. The molecule has 0 bridgehead atoms. The summed E-state index contributed by atoms with van der Waals surface area (Å²) in [5, 5.41) is -0.149. The molecule has 6 heteroatoms. The minimum Gasteiger partial charge on any atom is -0.466 e. The van der Waals surface area contributed by atoms with Gasteiger partial charge < -0.3 is 9.47 Å². The quantitative estimate of drug-likeness (QED) is 0.561. The summed E-state index contributed by atoms with van der Waals surface area (Å²) >= 11 is 8.19. The fraction of sp³-hybridized carbons (Fsp3) is 0.556. The molecule has 1 aliphatic rings. The van der Waals surface area contributed by atoms with E-state index in [0.29, 0.717) is 26.1 Å². The Hall–Kier alpha value is -1.20. The largest absolute Gasteiger partial charge is 0.466 e. The summed E-state index contributed by atoms with van der Waals surface area (Å²) in [6, 6.07) is 9.94. The molecule has 0 aliphatic heterocycles. The Bertz CT molecular complexity index is 551. The maximum absolute atomic E-state index is 12.3.